The lowest BCUT2D eigenvalue weighted by molar-refractivity contribution is 0.184. The van der Waals surface area contributed by atoms with Crippen LogP contribution in [0.15, 0.2) is 24.3 Å². The van der Waals surface area contributed by atoms with Crippen molar-refractivity contribution in [1.82, 2.24) is 0 Å². The Kier molecular flexibility index (Phi) is 3.54. The van der Waals surface area contributed by atoms with Crippen molar-refractivity contribution in [3.8, 4) is 12.3 Å². The van der Waals surface area contributed by atoms with Crippen LogP contribution in [-0.4, -0.2) is 13.7 Å². The smallest absolute Gasteiger partial charge is 0.0528 e. The summed E-state index contributed by atoms with van der Waals surface area (Å²) in [6.07, 6.45) is 5.26. The highest BCUT2D eigenvalue weighted by Crippen LogP contribution is 2.15. The number of methoxy groups -OCH3 is 1. The van der Waals surface area contributed by atoms with E-state index < -0.39 is 0 Å². The third kappa shape index (κ3) is 2.61. The van der Waals surface area contributed by atoms with Crippen molar-refractivity contribution in [3.63, 3.8) is 0 Å². The van der Waals surface area contributed by atoms with Crippen LogP contribution in [0.4, 0.5) is 0 Å². The lowest BCUT2D eigenvalue weighted by atomic mass is 10.0. The zero-order valence-corrected chi connectivity index (χ0v) is 8.08. The van der Waals surface area contributed by atoms with Gasteiger partial charge in [0, 0.05) is 18.6 Å². The first-order chi connectivity index (χ1) is 6.27. The average Bonchev–Trinajstić information content (AvgIpc) is 2.18. The number of terminal acetylenes is 1. The Morgan fingerprint density at radius 3 is 2.46 bits per heavy atom. The van der Waals surface area contributed by atoms with E-state index in [4.69, 9.17) is 11.2 Å². The van der Waals surface area contributed by atoms with Crippen LogP contribution in [-0.2, 0) is 4.74 Å². The fourth-order valence-electron chi connectivity index (χ4n) is 1.25. The lowest BCUT2D eigenvalue weighted by Crippen LogP contribution is -2.01. The second-order valence-electron chi connectivity index (χ2n) is 3.12. The van der Waals surface area contributed by atoms with Crippen molar-refractivity contribution >= 4 is 0 Å². The molecule has 1 nitrogen and oxygen atoms in total. The van der Waals surface area contributed by atoms with Crippen molar-refractivity contribution in [2.24, 2.45) is 0 Å². The van der Waals surface area contributed by atoms with Crippen LogP contribution in [0.3, 0.4) is 0 Å². The molecule has 1 unspecified atom stereocenters. The Bertz CT molecular complexity index is 292. The van der Waals surface area contributed by atoms with Crippen molar-refractivity contribution < 1.29 is 4.74 Å². The fourth-order valence-corrected chi connectivity index (χ4v) is 1.25. The Morgan fingerprint density at radius 2 is 2.00 bits per heavy atom. The van der Waals surface area contributed by atoms with Gasteiger partial charge in [-0.3, -0.25) is 0 Å². The summed E-state index contributed by atoms with van der Waals surface area (Å²) in [6, 6.07) is 8.03. The van der Waals surface area contributed by atoms with Gasteiger partial charge in [0.25, 0.3) is 0 Å². The molecule has 0 aliphatic carbocycles. The molecule has 0 bridgehead atoms. The fraction of sp³-hybridized carbons (Fsp3) is 0.333. The van der Waals surface area contributed by atoms with Crippen LogP contribution in [0.2, 0.25) is 0 Å². The summed E-state index contributed by atoms with van der Waals surface area (Å²) >= 11 is 0. The molecule has 0 saturated carbocycles. The van der Waals surface area contributed by atoms with Crippen LogP contribution in [0.25, 0.3) is 0 Å². The highest BCUT2D eigenvalue weighted by atomic mass is 16.5. The molecule has 1 rings (SSSR count). The zero-order valence-electron chi connectivity index (χ0n) is 8.08. The van der Waals surface area contributed by atoms with Crippen LogP contribution in [0, 0.1) is 12.3 Å². The highest BCUT2D eigenvalue weighted by molar-refractivity contribution is 5.35. The number of hydrogen-bond donors (Lipinski definition) is 0. The Hall–Kier alpha value is -1.26. The molecular weight excluding hydrogens is 160 g/mol. The molecule has 13 heavy (non-hydrogen) atoms. The highest BCUT2D eigenvalue weighted by Gasteiger charge is 2.03. The molecule has 1 atom stereocenters. The van der Waals surface area contributed by atoms with Gasteiger partial charge in [-0.05, 0) is 17.7 Å². The summed E-state index contributed by atoms with van der Waals surface area (Å²) in [5, 5.41) is 0. The quantitative estimate of drug-likeness (QED) is 0.639. The van der Waals surface area contributed by atoms with E-state index in [-0.39, 0.29) is 0 Å². The molecule has 0 N–H and O–H groups in total. The topological polar surface area (TPSA) is 9.23 Å². The third-order valence-electron chi connectivity index (χ3n) is 2.06. The first kappa shape index (κ1) is 9.83. The molecule has 0 heterocycles. The van der Waals surface area contributed by atoms with Crippen LogP contribution in [0.5, 0.6) is 0 Å². The van der Waals surface area contributed by atoms with Gasteiger partial charge in [0.2, 0.25) is 0 Å². The summed E-state index contributed by atoms with van der Waals surface area (Å²) < 4.78 is 5.07. The summed E-state index contributed by atoms with van der Waals surface area (Å²) in [5.41, 5.74) is 2.19. The monoisotopic (exact) mass is 174 g/mol. The summed E-state index contributed by atoms with van der Waals surface area (Å²) in [6.45, 7) is 2.88. The van der Waals surface area contributed by atoms with Crippen LogP contribution in [0.1, 0.15) is 24.0 Å². The standard InChI is InChI=1S/C12H14O/c1-4-11-5-7-12(8-6-11)10(2)9-13-3/h1,5-8,10H,9H2,2-3H3. The largest absolute Gasteiger partial charge is 0.384 e. The molecule has 1 aromatic carbocycles. The molecule has 0 fully saturated rings. The summed E-state index contributed by atoms with van der Waals surface area (Å²) in [4.78, 5) is 0. The lowest BCUT2D eigenvalue weighted by Gasteiger charge is -2.09. The van der Waals surface area contributed by atoms with Crippen molar-refractivity contribution in [3.05, 3.63) is 35.4 Å². The van der Waals surface area contributed by atoms with Gasteiger partial charge in [0.05, 0.1) is 6.61 Å². The second-order valence-corrected chi connectivity index (χ2v) is 3.12. The minimum Gasteiger partial charge on any atom is -0.384 e. The van der Waals surface area contributed by atoms with Crippen molar-refractivity contribution in [1.29, 1.82) is 0 Å². The number of hydrogen-bond acceptors (Lipinski definition) is 1. The molecule has 1 aromatic rings. The molecule has 0 amide bonds. The van der Waals surface area contributed by atoms with Crippen LogP contribution >= 0.6 is 0 Å². The summed E-state index contributed by atoms with van der Waals surface area (Å²) in [7, 11) is 1.71. The number of ether oxygens (including phenoxy) is 1. The Morgan fingerprint density at radius 1 is 1.38 bits per heavy atom. The zero-order chi connectivity index (χ0) is 9.68. The normalized spacial score (nSPS) is 12.1. The maximum atomic E-state index is 5.26. The SMILES string of the molecule is C#Cc1ccc(C(C)COC)cc1. The van der Waals surface area contributed by atoms with Gasteiger partial charge in [0.15, 0.2) is 0 Å². The van der Waals surface area contributed by atoms with Gasteiger partial charge < -0.3 is 4.74 Å². The number of benzene rings is 1. The first-order valence-electron chi connectivity index (χ1n) is 4.33. The molecule has 68 valence electrons. The van der Waals surface area contributed by atoms with Gasteiger partial charge in [-0.15, -0.1) is 6.42 Å². The Labute approximate surface area is 79.7 Å². The molecule has 1 heteroatoms. The Balaban J connectivity index is 2.75. The first-order valence-corrected chi connectivity index (χ1v) is 4.33. The van der Waals surface area contributed by atoms with E-state index in [1.54, 1.807) is 7.11 Å². The molecule has 0 saturated heterocycles. The van der Waals surface area contributed by atoms with E-state index in [2.05, 4.69) is 25.0 Å². The van der Waals surface area contributed by atoms with Crippen molar-refractivity contribution in [2.45, 2.75) is 12.8 Å². The van der Waals surface area contributed by atoms with E-state index in [0.717, 1.165) is 12.2 Å². The predicted molar refractivity (Wildman–Crippen MR) is 54.7 cm³/mol. The van der Waals surface area contributed by atoms with E-state index in [1.165, 1.54) is 5.56 Å². The molecule has 0 aliphatic rings. The molecule has 0 spiro atoms. The van der Waals surface area contributed by atoms with E-state index in [1.807, 2.05) is 12.1 Å². The third-order valence-corrected chi connectivity index (χ3v) is 2.06. The van der Waals surface area contributed by atoms with Gasteiger partial charge >= 0.3 is 0 Å². The van der Waals surface area contributed by atoms with Gasteiger partial charge in [0.1, 0.15) is 0 Å². The van der Waals surface area contributed by atoms with E-state index in [9.17, 15) is 0 Å². The van der Waals surface area contributed by atoms with Gasteiger partial charge in [-0.2, -0.15) is 0 Å². The van der Waals surface area contributed by atoms with Gasteiger partial charge in [-0.1, -0.05) is 25.0 Å². The average molecular weight is 174 g/mol. The van der Waals surface area contributed by atoms with E-state index >= 15 is 0 Å². The van der Waals surface area contributed by atoms with Gasteiger partial charge in [-0.25, -0.2) is 0 Å². The second kappa shape index (κ2) is 4.69. The van der Waals surface area contributed by atoms with E-state index in [0.29, 0.717) is 5.92 Å². The number of rotatable bonds is 3. The maximum Gasteiger partial charge on any atom is 0.0528 e. The molecule has 0 aliphatic heterocycles. The maximum absolute atomic E-state index is 5.26. The minimum atomic E-state index is 0.428. The molecular formula is C12H14O. The summed E-state index contributed by atoms with van der Waals surface area (Å²) in [5.74, 6) is 3.02. The van der Waals surface area contributed by atoms with Crippen LogP contribution < -0.4 is 0 Å². The molecule has 0 radical (unpaired) electrons. The van der Waals surface area contributed by atoms with Crippen molar-refractivity contribution in [2.75, 3.05) is 13.7 Å². The predicted octanol–water partition coefficient (Wildman–Crippen LogP) is 2.42. The molecule has 0 aromatic heterocycles. The minimum absolute atomic E-state index is 0.428.